The lowest BCUT2D eigenvalue weighted by atomic mass is 10.0. The number of rotatable bonds is 6. The number of benzene rings is 1. The highest BCUT2D eigenvalue weighted by Crippen LogP contribution is 2.27. The van der Waals surface area contributed by atoms with Crippen molar-refractivity contribution < 1.29 is 9.90 Å². The van der Waals surface area contributed by atoms with Gasteiger partial charge in [-0.25, -0.2) is 4.98 Å². The lowest BCUT2D eigenvalue weighted by molar-refractivity contribution is 0.0624. The third kappa shape index (κ3) is 9.12. The zero-order chi connectivity index (χ0) is 28.8. The first kappa shape index (κ1) is 31.3. The average molecular weight is 530 g/mol. The molecule has 0 radical (unpaired) electrons. The molecule has 39 heavy (non-hydrogen) atoms. The van der Waals surface area contributed by atoms with Gasteiger partial charge in [-0.15, -0.1) is 12.3 Å². The molecule has 0 bridgehead atoms. The molecule has 0 unspecified atom stereocenters. The second-order valence-corrected chi connectivity index (χ2v) is 9.81. The molecule has 7 nitrogen and oxygen atoms in total. The van der Waals surface area contributed by atoms with Gasteiger partial charge in [-0.2, -0.15) is 5.10 Å². The number of carbonyl (C=O) groups excluding carboxylic acids is 1. The Labute approximate surface area is 233 Å². The van der Waals surface area contributed by atoms with Crippen LogP contribution in [0.4, 0.5) is 0 Å². The molecule has 2 N–H and O–H groups in total. The number of hydrogen-bond donors (Lipinski definition) is 2. The zero-order valence-electron chi connectivity index (χ0n) is 24.2. The van der Waals surface area contributed by atoms with Crippen LogP contribution < -0.4 is 0 Å². The van der Waals surface area contributed by atoms with E-state index in [2.05, 4.69) is 65.3 Å². The molecule has 208 valence electrons. The molecule has 0 saturated carbocycles. The van der Waals surface area contributed by atoms with Gasteiger partial charge in [-0.3, -0.25) is 14.8 Å². The van der Waals surface area contributed by atoms with Crippen LogP contribution in [-0.2, 0) is 0 Å². The van der Waals surface area contributed by atoms with Crippen LogP contribution in [0.1, 0.15) is 64.0 Å². The number of nitrogens with zero attached hydrogens (tertiary/aromatic N) is 4. The Morgan fingerprint density at radius 1 is 1.21 bits per heavy atom. The van der Waals surface area contributed by atoms with Crippen molar-refractivity contribution in [3.63, 3.8) is 0 Å². The largest absolute Gasteiger partial charge is 0.516 e. The Bertz CT molecular complexity index is 1290. The monoisotopic (exact) mass is 529 g/mol. The molecule has 0 spiro atoms. The van der Waals surface area contributed by atoms with Gasteiger partial charge in [0.1, 0.15) is 0 Å². The highest BCUT2D eigenvalue weighted by molar-refractivity contribution is 5.96. The van der Waals surface area contributed by atoms with Gasteiger partial charge in [-0.05, 0) is 62.4 Å². The third-order valence-corrected chi connectivity index (χ3v) is 6.30. The SMILES string of the molecule is C#CC.C/C=C(\C)c1[nH]nc2ncc(-c3cccc(C(=O)N4CCN(CC(C)C)CC4)c3)cc12.CC/C=C/O. The number of aromatic amines is 1. The summed E-state index contributed by atoms with van der Waals surface area (Å²) in [5, 5.41) is 16.3. The molecule has 1 saturated heterocycles. The van der Waals surface area contributed by atoms with E-state index in [0.717, 1.165) is 78.8 Å². The van der Waals surface area contributed by atoms with Crippen LogP contribution in [0.2, 0.25) is 0 Å². The maximum atomic E-state index is 13.1. The van der Waals surface area contributed by atoms with E-state index in [-0.39, 0.29) is 5.91 Å². The predicted molar refractivity (Wildman–Crippen MR) is 162 cm³/mol. The van der Waals surface area contributed by atoms with Gasteiger partial charge in [0.2, 0.25) is 0 Å². The maximum absolute atomic E-state index is 13.1. The minimum absolute atomic E-state index is 0.105. The number of pyridine rings is 1. The summed E-state index contributed by atoms with van der Waals surface area (Å²) in [7, 11) is 0. The van der Waals surface area contributed by atoms with Crippen LogP contribution >= 0.6 is 0 Å². The minimum atomic E-state index is 0.105. The second kappa shape index (κ2) is 16.2. The van der Waals surface area contributed by atoms with Crippen LogP contribution in [0, 0.1) is 18.3 Å². The van der Waals surface area contributed by atoms with E-state index in [1.165, 1.54) is 0 Å². The highest BCUT2D eigenvalue weighted by atomic mass is 16.2. The molecule has 1 amide bonds. The van der Waals surface area contributed by atoms with E-state index in [0.29, 0.717) is 11.6 Å². The second-order valence-electron chi connectivity index (χ2n) is 9.81. The maximum Gasteiger partial charge on any atom is 0.253 e. The number of carbonyl (C=O) groups is 1. The number of H-pyrrole nitrogens is 1. The molecule has 0 atom stereocenters. The lowest BCUT2D eigenvalue weighted by Crippen LogP contribution is -2.49. The summed E-state index contributed by atoms with van der Waals surface area (Å²) in [5.41, 5.74) is 5.51. The molecule has 0 aliphatic carbocycles. The molecular formula is C32H43N5O2. The smallest absolute Gasteiger partial charge is 0.253 e. The van der Waals surface area contributed by atoms with Gasteiger partial charge in [0.25, 0.3) is 5.91 Å². The number of fused-ring (bicyclic) bond motifs is 1. The van der Waals surface area contributed by atoms with Crippen LogP contribution in [0.3, 0.4) is 0 Å². The van der Waals surface area contributed by atoms with E-state index in [4.69, 9.17) is 5.11 Å². The fraction of sp³-hybridized carbons (Fsp3) is 0.406. The number of nitrogens with one attached hydrogen (secondary N) is 1. The Balaban J connectivity index is 0.000000590. The van der Waals surface area contributed by atoms with E-state index >= 15 is 0 Å². The Kier molecular flexibility index (Phi) is 13.0. The topological polar surface area (TPSA) is 85.4 Å². The molecule has 1 aromatic carbocycles. The van der Waals surface area contributed by atoms with Crippen molar-refractivity contribution in [1.82, 2.24) is 25.0 Å². The van der Waals surface area contributed by atoms with Gasteiger partial charge in [0.15, 0.2) is 5.65 Å². The van der Waals surface area contributed by atoms with E-state index in [1.807, 2.05) is 49.2 Å². The van der Waals surface area contributed by atoms with Crippen molar-refractivity contribution in [3.05, 3.63) is 66.2 Å². The first-order valence-electron chi connectivity index (χ1n) is 13.5. The highest BCUT2D eigenvalue weighted by Gasteiger charge is 2.22. The van der Waals surface area contributed by atoms with Gasteiger partial charge >= 0.3 is 0 Å². The molecule has 1 aliphatic rings. The normalized spacial score (nSPS) is 14.0. The van der Waals surface area contributed by atoms with Gasteiger partial charge in [-0.1, -0.05) is 45.1 Å². The van der Waals surface area contributed by atoms with E-state index < -0.39 is 0 Å². The fourth-order valence-corrected chi connectivity index (χ4v) is 4.27. The average Bonchev–Trinajstić information content (AvgIpc) is 3.37. The summed E-state index contributed by atoms with van der Waals surface area (Å²) < 4.78 is 0. The molecule has 3 aromatic rings. The molecular weight excluding hydrogens is 486 g/mol. The summed E-state index contributed by atoms with van der Waals surface area (Å²) in [6.45, 7) is 16.7. The standard InChI is InChI=1S/C25H31N5O.C4H8O.C3H4/c1-5-18(4)23-22-14-21(15-26-24(22)28-27-23)19-7-6-8-20(13-19)25(31)30-11-9-29(10-12-30)16-17(2)3;1-2-3-4-5;1-3-2/h5-8,13-15,17H,9-12,16H2,1-4H3,(H,26,27,28);3-5H,2H2,1H3;1H,2H3/b18-5+;4-3+;. The molecule has 1 aliphatic heterocycles. The Hall–Kier alpha value is -3.89. The lowest BCUT2D eigenvalue weighted by Gasteiger charge is -2.35. The van der Waals surface area contributed by atoms with Crippen molar-refractivity contribution in [2.75, 3.05) is 32.7 Å². The van der Waals surface area contributed by atoms with Crippen molar-refractivity contribution in [3.8, 4) is 23.5 Å². The van der Waals surface area contributed by atoms with Crippen molar-refractivity contribution in [1.29, 1.82) is 0 Å². The molecule has 1 fully saturated rings. The molecule has 4 rings (SSSR count). The number of piperazine rings is 1. The summed E-state index contributed by atoms with van der Waals surface area (Å²) in [6, 6.07) is 9.97. The van der Waals surface area contributed by atoms with E-state index in [1.54, 1.807) is 13.0 Å². The Morgan fingerprint density at radius 3 is 2.46 bits per heavy atom. The number of aliphatic hydroxyl groups is 1. The third-order valence-electron chi connectivity index (χ3n) is 6.30. The number of terminal acetylenes is 1. The fourth-order valence-electron chi connectivity index (χ4n) is 4.27. The quantitative estimate of drug-likeness (QED) is 0.279. The summed E-state index contributed by atoms with van der Waals surface area (Å²) in [5.74, 6) is 3.01. The molecule has 2 aromatic heterocycles. The number of allylic oxidation sites excluding steroid dienone is 3. The van der Waals surface area contributed by atoms with Crippen molar-refractivity contribution >= 4 is 22.5 Å². The number of hydrogen-bond acceptors (Lipinski definition) is 5. The van der Waals surface area contributed by atoms with Crippen molar-refractivity contribution in [2.24, 2.45) is 5.92 Å². The van der Waals surface area contributed by atoms with Gasteiger partial charge < -0.3 is 10.0 Å². The number of aliphatic hydroxyl groups excluding tert-OH is 1. The van der Waals surface area contributed by atoms with Crippen LogP contribution in [0.5, 0.6) is 0 Å². The van der Waals surface area contributed by atoms with Crippen LogP contribution in [0.15, 0.2) is 54.9 Å². The minimum Gasteiger partial charge on any atom is -0.516 e. The van der Waals surface area contributed by atoms with E-state index in [9.17, 15) is 4.79 Å². The number of aromatic nitrogens is 3. The van der Waals surface area contributed by atoms with Crippen LogP contribution in [0.25, 0.3) is 27.7 Å². The van der Waals surface area contributed by atoms with Crippen LogP contribution in [-0.4, -0.2) is 68.7 Å². The van der Waals surface area contributed by atoms with Gasteiger partial charge in [0.05, 0.1) is 12.0 Å². The zero-order valence-corrected chi connectivity index (χ0v) is 24.2. The summed E-state index contributed by atoms with van der Waals surface area (Å²) >= 11 is 0. The summed E-state index contributed by atoms with van der Waals surface area (Å²) in [4.78, 5) is 22.1. The van der Waals surface area contributed by atoms with Crippen molar-refractivity contribution in [2.45, 2.75) is 48.0 Å². The first-order valence-corrected chi connectivity index (χ1v) is 13.5. The number of amides is 1. The molecule has 3 heterocycles. The molecule has 7 heteroatoms. The first-order chi connectivity index (χ1) is 18.8. The summed E-state index contributed by atoms with van der Waals surface area (Å²) in [6.07, 6.45) is 12.1. The predicted octanol–water partition coefficient (Wildman–Crippen LogP) is 6.57. The van der Waals surface area contributed by atoms with Gasteiger partial charge in [0, 0.05) is 55.4 Å². The Morgan fingerprint density at radius 2 is 1.90 bits per heavy atom.